The third kappa shape index (κ3) is 2.38. The van der Waals surface area contributed by atoms with Gasteiger partial charge in [-0.25, -0.2) is 4.98 Å². The van der Waals surface area contributed by atoms with Gasteiger partial charge in [0.05, 0.1) is 9.90 Å². The Kier molecular flexibility index (Phi) is 3.20. The Morgan fingerprint density at radius 3 is 2.82 bits per heavy atom. The highest BCUT2D eigenvalue weighted by Gasteiger charge is 2.03. The van der Waals surface area contributed by atoms with Crippen LogP contribution in [0.5, 0.6) is 0 Å². The molecule has 0 radical (unpaired) electrons. The Bertz CT molecular complexity index is 232. The average Bonchev–Trinajstić information content (AvgIpc) is 2.26. The van der Waals surface area contributed by atoms with Crippen LogP contribution in [0.25, 0.3) is 0 Å². The molecule has 1 heterocycles. The summed E-state index contributed by atoms with van der Waals surface area (Å²) in [6.45, 7) is 4.18. The Hall–Kier alpha value is -0.220. The predicted octanol–water partition coefficient (Wildman–Crippen LogP) is 2.54. The van der Waals surface area contributed by atoms with E-state index in [0.29, 0.717) is 5.13 Å². The number of anilines is 1. The molecule has 1 rings (SSSR count). The lowest BCUT2D eigenvalue weighted by Gasteiger charge is -1.93. The van der Waals surface area contributed by atoms with Gasteiger partial charge in [0.1, 0.15) is 0 Å². The fraction of sp³-hybridized carbons (Fsp3) is 0.571. The van der Waals surface area contributed by atoms with Gasteiger partial charge in [-0.1, -0.05) is 18.3 Å². The van der Waals surface area contributed by atoms with Gasteiger partial charge in [0.15, 0.2) is 5.13 Å². The molecule has 1 aromatic rings. The van der Waals surface area contributed by atoms with Crippen molar-refractivity contribution in [3.8, 4) is 0 Å². The van der Waals surface area contributed by atoms with Crippen molar-refractivity contribution in [2.75, 3.05) is 11.5 Å². The number of hydrogen-bond acceptors (Lipinski definition) is 4. The summed E-state index contributed by atoms with van der Waals surface area (Å²) in [6, 6.07) is 0. The zero-order chi connectivity index (χ0) is 8.27. The molecular weight excluding hydrogens is 176 g/mol. The van der Waals surface area contributed by atoms with Crippen molar-refractivity contribution in [1.29, 1.82) is 0 Å². The summed E-state index contributed by atoms with van der Waals surface area (Å²) in [5.41, 5.74) is 6.62. The van der Waals surface area contributed by atoms with Gasteiger partial charge >= 0.3 is 0 Å². The van der Waals surface area contributed by atoms with E-state index < -0.39 is 0 Å². The van der Waals surface area contributed by atoms with E-state index in [1.807, 2.05) is 18.7 Å². The van der Waals surface area contributed by atoms with E-state index in [-0.39, 0.29) is 0 Å². The molecule has 0 aromatic carbocycles. The number of nitrogens with zero attached hydrogens (tertiary/aromatic N) is 1. The van der Waals surface area contributed by atoms with E-state index in [1.165, 1.54) is 10.6 Å². The molecule has 0 unspecified atom stereocenters. The van der Waals surface area contributed by atoms with Crippen molar-refractivity contribution in [3.05, 3.63) is 5.69 Å². The van der Waals surface area contributed by atoms with E-state index in [4.69, 9.17) is 5.73 Å². The molecule has 62 valence electrons. The average molecular weight is 188 g/mol. The lowest BCUT2D eigenvalue weighted by Crippen LogP contribution is -1.80. The van der Waals surface area contributed by atoms with Crippen LogP contribution in [0.3, 0.4) is 0 Å². The van der Waals surface area contributed by atoms with Crippen molar-refractivity contribution in [3.63, 3.8) is 0 Å². The van der Waals surface area contributed by atoms with Crippen LogP contribution < -0.4 is 5.73 Å². The van der Waals surface area contributed by atoms with E-state index in [1.54, 1.807) is 11.3 Å². The van der Waals surface area contributed by atoms with Gasteiger partial charge in [-0.15, -0.1) is 11.8 Å². The molecule has 0 atom stereocenters. The Morgan fingerprint density at radius 2 is 2.36 bits per heavy atom. The van der Waals surface area contributed by atoms with Crippen LogP contribution in [0.4, 0.5) is 5.13 Å². The molecule has 1 aromatic heterocycles. The standard InChI is InChI=1S/C7H12N2S2/c1-3-4-10-6-5(2)9-7(8)11-6/h3-4H2,1-2H3,(H2,8,9). The van der Waals surface area contributed by atoms with Crippen molar-refractivity contribution in [2.24, 2.45) is 0 Å². The molecule has 0 bridgehead atoms. The molecular formula is C7H12N2S2. The molecule has 0 saturated heterocycles. The van der Waals surface area contributed by atoms with E-state index in [2.05, 4.69) is 11.9 Å². The monoisotopic (exact) mass is 188 g/mol. The third-order valence-electron chi connectivity index (χ3n) is 1.21. The van der Waals surface area contributed by atoms with Crippen LogP contribution in [0, 0.1) is 6.92 Å². The van der Waals surface area contributed by atoms with Crippen LogP contribution in [0.15, 0.2) is 4.21 Å². The number of aryl methyl sites for hydroxylation is 1. The summed E-state index contributed by atoms with van der Waals surface area (Å²) in [5, 5.41) is 0.682. The van der Waals surface area contributed by atoms with Gasteiger partial charge in [0.2, 0.25) is 0 Å². The summed E-state index contributed by atoms with van der Waals surface area (Å²) in [6.07, 6.45) is 1.20. The molecule has 0 aliphatic rings. The third-order valence-corrected chi connectivity index (χ3v) is 3.76. The number of thioether (sulfide) groups is 1. The maximum absolute atomic E-state index is 5.55. The zero-order valence-electron chi connectivity index (χ0n) is 6.76. The lowest BCUT2D eigenvalue weighted by atomic mass is 10.6. The first-order valence-electron chi connectivity index (χ1n) is 3.59. The number of nitrogen functional groups attached to an aromatic ring is 1. The van der Waals surface area contributed by atoms with Gasteiger partial charge in [-0.05, 0) is 19.1 Å². The molecule has 2 nitrogen and oxygen atoms in total. The maximum Gasteiger partial charge on any atom is 0.181 e. The summed E-state index contributed by atoms with van der Waals surface area (Å²) >= 11 is 3.43. The van der Waals surface area contributed by atoms with Gasteiger partial charge in [0.25, 0.3) is 0 Å². The Balaban J connectivity index is 2.62. The number of aromatic nitrogens is 1. The maximum atomic E-state index is 5.55. The molecule has 4 heteroatoms. The Morgan fingerprint density at radius 1 is 1.64 bits per heavy atom. The van der Waals surface area contributed by atoms with Gasteiger partial charge in [0, 0.05) is 0 Å². The van der Waals surface area contributed by atoms with Crippen LogP contribution in [-0.4, -0.2) is 10.7 Å². The van der Waals surface area contributed by atoms with Crippen LogP contribution in [0.2, 0.25) is 0 Å². The second kappa shape index (κ2) is 3.97. The van der Waals surface area contributed by atoms with E-state index in [0.717, 1.165) is 11.4 Å². The highest BCUT2D eigenvalue weighted by atomic mass is 32.2. The van der Waals surface area contributed by atoms with Gasteiger partial charge < -0.3 is 5.73 Å². The largest absolute Gasteiger partial charge is 0.375 e. The molecule has 0 spiro atoms. The van der Waals surface area contributed by atoms with Gasteiger partial charge in [-0.3, -0.25) is 0 Å². The van der Waals surface area contributed by atoms with Crippen LogP contribution in [-0.2, 0) is 0 Å². The molecule has 0 amide bonds. The smallest absolute Gasteiger partial charge is 0.181 e. The predicted molar refractivity (Wildman–Crippen MR) is 52.3 cm³/mol. The summed E-state index contributed by atoms with van der Waals surface area (Å²) in [5.74, 6) is 1.16. The van der Waals surface area contributed by atoms with Crippen LogP contribution in [0.1, 0.15) is 19.0 Å². The first-order valence-corrected chi connectivity index (χ1v) is 5.40. The lowest BCUT2D eigenvalue weighted by molar-refractivity contribution is 1.10. The number of nitrogens with two attached hydrogens (primary N) is 1. The minimum atomic E-state index is 0.682. The highest BCUT2D eigenvalue weighted by Crippen LogP contribution is 2.30. The first-order chi connectivity index (χ1) is 5.24. The molecule has 2 N–H and O–H groups in total. The fourth-order valence-corrected chi connectivity index (χ4v) is 2.68. The van der Waals surface area contributed by atoms with Crippen molar-refractivity contribution in [1.82, 2.24) is 4.98 Å². The molecule has 11 heavy (non-hydrogen) atoms. The number of hydrogen-bond donors (Lipinski definition) is 1. The number of thiazole rings is 1. The number of rotatable bonds is 3. The summed E-state index contributed by atoms with van der Waals surface area (Å²) < 4.78 is 1.27. The SMILES string of the molecule is CCCSc1sc(N)nc1C. The van der Waals surface area contributed by atoms with Gasteiger partial charge in [-0.2, -0.15) is 0 Å². The Labute approximate surface area is 75.2 Å². The molecule has 0 fully saturated rings. The van der Waals surface area contributed by atoms with E-state index >= 15 is 0 Å². The second-order valence-electron chi connectivity index (χ2n) is 2.27. The second-order valence-corrected chi connectivity index (χ2v) is 4.67. The molecule has 0 aliphatic carbocycles. The quantitative estimate of drug-likeness (QED) is 0.741. The summed E-state index contributed by atoms with van der Waals surface area (Å²) in [7, 11) is 0. The minimum Gasteiger partial charge on any atom is -0.375 e. The topological polar surface area (TPSA) is 38.9 Å². The van der Waals surface area contributed by atoms with Crippen molar-refractivity contribution in [2.45, 2.75) is 24.5 Å². The molecule has 0 aliphatic heterocycles. The fourth-order valence-electron chi connectivity index (χ4n) is 0.731. The first kappa shape index (κ1) is 8.87. The minimum absolute atomic E-state index is 0.682. The van der Waals surface area contributed by atoms with E-state index in [9.17, 15) is 0 Å². The zero-order valence-corrected chi connectivity index (χ0v) is 8.39. The normalized spacial score (nSPS) is 10.4. The van der Waals surface area contributed by atoms with Crippen LogP contribution >= 0.6 is 23.1 Å². The highest BCUT2D eigenvalue weighted by molar-refractivity contribution is 8.01. The van der Waals surface area contributed by atoms with Crippen molar-refractivity contribution >= 4 is 28.2 Å². The molecule has 0 saturated carbocycles. The van der Waals surface area contributed by atoms with Crippen molar-refractivity contribution < 1.29 is 0 Å². The summed E-state index contributed by atoms with van der Waals surface area (Å²) in [4.78, 5) is 4.14.